The molecule has 0 fully saturated rings. The van der Waals surface area contributed by atoms with Crippen LogP contribution in [-0.4, -0.2) is 15.2 Å². The topological polar surface area (TPSA) is 66.5 Å². The molecule has 2 aromatic heterocycles. The molecule has 21 heavy (non-hydrogen) atoms. The Bertz CT molecular complexity index is 834. The van der Waals surface area contributed by atoms with Crippen LogP contribution < -0.4 is 0 Å². The minimum atomic E-state index is -0.267. The zero-order valence-corrected chi connectivity index (χ0v) is 12.1. The van der Waals surface area contributed by atoms with Gasteiger partial charge in [0.25, 0.3) is 0 Å². The van der Waals surface area contributed by atoms with E-state index in [2.05, 4.69) is 11.1 Å². The molecular weight excluding hydrogens is 286 g/mol. The zero-order chi connectivity index (χ0) is 14.6. The van der Waals surface area contributed by atoms with Gasteiger partial charge in [0, 0.05) is 11.3 Å². The van der Waals surface area contributed by atoms with E-state index in [1.54, 1.807) is 11.3 Å². The second kappa shape index (κ2) is 4.36. The molecule has 0 amide bonds. The largest absolute Gasteiger partial charge is 0.502 e. The molecular formula is C16H13NO3S. The predicted octanol–water partition coefficient (Wildman–Crippen LogP) is 3.54. The van der Waals surface area contributed by atoms with Crippen LogP contribution in [0.25, 0.3) is 0 Å². The van der Waals surface area contributed by atoms with E-state index in [0.29, 0.717) is 5.76 Å². The fraction of sp³-hybridized carbons (Fsp3) is 0.188. The number of hydrogen-bond donors (Lipinski definition) is 2. The first kappa shape index (κ1) is 12.5. The van der Waals surface area contributed by atoms with Crippen LogP contribution >= 0.6 is 11.3 Å². The zero-order valence-electron chi connectivity index (χ0n) is 11.3. The van der Waals surface area contributed by atoms with E-state index in [4.69, 9.17) is 4.42 Å². The van der Waals surface area contributed by atoms with Crippen LogP contribution in [0.15, 0.2) is 34.4 Å². The van der Waals surface area contributed by atoms with Gasteiger partial charge < -0.3 is 14.6 Å². The monoisotopic (exact) mass is 299 g/mol. The van der Waals surface area contributed by atoms with Crippen molar-refractivity contribution < 1.29 is 14.6 Å². The average molecular weight is 299 g/mol. The number of aromatic nitrogens is 1. The highest BCUT2D eigenvalue weighted by molar-refractivity contribution is 7.09. The molecule has 4 rings (SSSR count). The molecule has 1 aromatic carbocycles. The molecule has 0 bridgehead atoms. The van der Waals surface area contributed by atoms with Crippen LogP contribution in [0, 0.1) is 6.92 Å². The average Bonchev–Trinajstić information content (AvgIpc) is 3.05. The van der Waals surface area contributed by atoms with Gasteiger partial charge in [-0.25, -0.2) is 4.98 Å². The minimum Gasteiger partial charge on any atom is -0.502 e. The lowest BCUT2D eigenvalue weighted by atomic mass is 9.80. The van der Waals surface area contributed by atoms with Gasteiger partial charge in [-0.1, -0.05) is 18.2 Å². The molecule has 0 saturated carbocycles. The molecule has 2 heterocycles. The molecule has 3 aromatic rings. The number of aryl methyl sites for hydroxylation is 1. The smallest absolute Gasteiger partial charge is 0.201 e. The van der Waals surface area contributed by atoms with Crippen LogP contribution in [0.2, 0.25) is 0 Å². The first-order valence-corrected chi connectivity index (χ1v) is 7.54. The van der Waals surface area contributed by atoms with Gasteiger partial charge >= 0.3 is 0 Å². The van der Waals surface area contributed by atoms with Gasteiger partial charge in [-0.3, -0.25) is 0 Å². The number of rotatable bonds is 1. The third-order valence-corrected chi connectivity index (χ3v) is 4.88. The molecule has 5 heteroatoms. The fourth-order valence-electron chi connectivity index (χ4n) is 3.08. The van der Waals surface area contributed by atoms with Crippen molar-refractivity contribution in [1.29, 1.82) is 0 Å². The van der Waals surface area contributed by atoms with Crippen molar-refractivity contribution in [2.75, 3.05) is 0 Å². The second-order valence-electron chi connectivity index (χ2n) is 5.25. The molecule has 0 radical (unpaired) electrons. The molecule has 1 atom stereocenters. The van der Waals surface area contributed by atoms with Crippen LogP contribution in [0.5, 0.6) is 11.5 Å². The third-order valence-electron chi connectivity index (χ3n) is 4.04. The summed E-state index contributed by atoms with van der Waals surface area (Å²) in [6.07, 6.45) is 2.02. The number of fused-ring (bicyclic) bond motifs is 2. The number of aromatic hydroxyl groups is 2. The van der Waals surface area contributed by atoms with Crippen LogP contribution in [-0.2, 0) is 6.42 Å². The summed E-state index contributed by atoms with van der Waals surface area (Å²) in [5.74, 6) is -0.343. The SMILES string of the molecule is Cc1cccc2c1C(c1occ(O)c1O)c1ncsc1C2. The maximum atomic E-state index is 10.1. The Hall–Kier alpha value is -2.27. The Morgan fingerprint density at radius 1 is 1.33 bits per heavy atom. The molecule has 0 saturated heterocycles. The highest BCUT2D eigenvalue weighted by Gasteiger charge is 2.35. The van der Waals surface area contributed by atoms with Crippen LogP contribution in [0.3, 0.4) is 0 Å². The lowest BCUT2D eigenvalue weighted by Gasteiger charge is -2.25. The summed E-state index contributed by atoms with van der Waals surface area (Å²) < 4.78 is 5.44. The van der Waals surface area contributed by atoms with E-state index in [1.165, 1.54) is 16.7 Å². The van der Waals surface area contributed by atoms with Gasteiger partial charge in [0.05, 0.1) is 17.1 Å². The molecule has 4 nitrogen and oxygen atoms in total. The van der Waals surface area contributed by atoms with E-state index < -0.39 is 0 Å². The van der Waals surface area contributed by atoms with Crippen LogP contribution in [0.4, 0.5) is 0 Å². The first-order valence-electron chi connectivity index (χ1n) is 6.66. The Labute approximate surface area is 125 Å². The number of furan rings is 1. The molecule has 2 N–H and O–H groups in total. The summed E-state index contributed by atoms with van der Waals surface area (Å²) in [5, 5.41) is 19.7. The summed E-state index contributed by atoms with van der Waals surface area (Å²) in [7, 11) is 0. The van der Waals surface area contributed by atoms with Crippen molar-refractivity contribution in [2.45, 2.75) is 19.3 Å². The van der Waals surface area contributed by atoms with Gasteiger partial charge in [-0.15, -0.1) is 11.3 Å². The summed E-state index contributed by atoms with van der Waals surface area (Å²) in [5.41, 5.74) is 6.18. The fourth-order valence-corrected chi connectivity index (χ4v) is 3.91. The van der Waals surface area contributed by atoms with Crippen molar-refractivity contribution in [3.63, 3.8) is 0 Å². The summed E-state index contributed by atoms with van der Waals surface area (Å²) in [6, 6.07) is 6.18. The minimum absolute atomic E-state index is 0.199. The maximum absolute atomic E-state index is 10.1. The number of nitrogens with zero attached hydrogens (tertiary/aromatic N) is 1. The Kier molecular flexibility index (Phi) is 2.59. The molecule has 106 valence electrons. The normalized spacial score (nSPS) is 16.5. The van der Waals surface area contributed by atoms with E-state index in [9.17, 15) is 10.2 Å². The van der Waals surface area contributed by atoms with Gasteiger partial charge in [0.15, 0.2) is 11.5 Å². The second-order valence-corrected chi connectivity index (χ2v) is 6.19. The van der Waals surface area contributed by atoms with E-state index in [0.717, 1.165) is 23.2 Å². The van der Waals surface area contributed by atoms with Gasteiger partial charge in [0.2, 0.25) is 5.75 Å². The first-order chi connectivity index (χ1) is 10.2. The van der Waals surface area contributed by atoms with E-state index in [-0.39, 0.29) is 17.4 Å². The van der Waals surface area contributed by atoms with Gasteiger partial charge in [-0.05, 0) is 23.6 Å². The van der Waals surface area contributed by atoms with E-state index >= 15 is 0 Å². The van der Waals surface area contributed by atoms with Crippen molar-refractivity contribution in [3.8, 4) is 11.5 Å². The number of benzene rings is 1. The highest BCUT2D eigenvalue weighted by atomic mass is 32.1. The predicted molar refractivity (Wildman–Crippen MR) is 79.1 cm³/mol. The van der Waals surface area contributed by atoms with Crippen molar-refractivity contribution in [1.82, 2.24) is 4.98 Å². The Balaban J connectivity index is 2.02. The Morgan fingerprint density at radius 3 is 2.95 bits per heavy atom. The van der Waals surface area contributed by atoms with Crippen LogP contribution in [0.1, 0.15) is 38.9 Å². The van der Waals surface area contributed by atoms with Gasteiger partial charge in [0.1, 0.15) is 6.26 Å². The lowest BCUT2D eigenvalue weighted by Crippen LogP contribution is -2.15. The van der Waals surface area contributed by atoms with E-state index in [1.807, 2.05) is 24.6 Å². The summed E-state index contributed by atoms with van der Waals surface area (Å²) in [6.45, 7) is 2.04. The standard InChI is InChI=1S/C16H13NO3S/c1-8-3-2-4-9-5-11-14(17-7-21-11)13(12(8)9)16-15(19)10(18)6-20-16/h2-4,6-7,13,18-19H,5H2,1H3. The molecule has 1 unspecified atom stereocenters. The summed E-state index contributed by atoms with van der Waals surface area (Å²) in [4.78, 5) is 5.65. The van der Waals surface area contributed by atoms with Crippen molar-refractivity contribution >= 4 is 11.3 Å². The molecule has 1 aliphatic rings. The molecule has 1 aliphatic carbocycles. The number of hydrogen-bond acceptors (Lipinski definition) is 5. The number of thiazole rings is 1. The van der Waals surface area contributed by atoms with Gasteiger partial charge in [-0.2, -0.15) is 0 Å². The lowest BCUT2D eigenvalue weighted by molar-refractivity contribution is 0.400. The van der Waals surface area contributed by atoms with Crippen molar-refractivity contribution in [2.24, 2.45) is 0 Å². The molecule has 0 spiro atoms. The molecule has 0 aliphatic heterocycles. The highest BCUT2D eigenvalue weighted by Crippen LogP contribution is 2.47. The summed E-state index contributed by atoms with van der Waals surface area (Å²) >= 11 is 1.61. The third kappa shape index (κ3) is 1.70. The quantitative estimate of drug-likeness (QED) is 0.564. The maximum Gasteiger partial charge on any atom is 0.201 e. The Morgan fingerprint density at radius 2 is 2.19 bits per heavy atom. The van der Waals surface area contributed by atoms with Crippen molar-refractivity contribution in [3.05, 3.63) is 63.0 Å².